The molecule has 5 nitrogen and oxygen atoms in total. The van der Waals surface area contributed by atoms with Crippen LogP contribution in [0.4, 0.5) is 0 Å². The zero-order valence-electron chi connectivity index (χ0n) is 15.1. The summed E-state index contributed by atoms with van der Waals surface area (Å²) in [4.78, 5) is 16.7. The zero-order valence-corrected chi connectivity index (χ0v) is 15.1. The van der Waals surface area contributed by atoms with E-state index in [4.69, 9.17) is 0 Å². The van der Waals surface area contributed by atoms with Crippen LogP contribution in [-0.2, 0) is 11.8 Å². The van der Waals surface area contributed by atoms with Crippen LogP contribution in [0.5, 0.6) is 0 Å². The predicted octanol–water partition coefficient (Wildman–Crippen LogP) is 2.11. The van der Waals surface area contributed by atoms with Gasteiger partial charge in [0, 0.05) is 68.0 Å². The summed E-state index contributed by atoms with van der Waals surface area (Å²) in [6.07, 6.45) is 6.59. The molecule has 1 aliphatic rings. The number of hydrogen-bond donors (Lipinski definition) is 1. The smallest absolute Gasteiger partial charge is 0.246 e. The van der Waals surface area contributed by atoms with Gasteiger partial charge < -0.3 is 14.6 Å². The van der Waals surface area contributed by atoms with Gasteiger partial charge in [-0.15, -0.1) is 0 Å². The molecule has 1 aliphatic heterocycles. The summed E-state index contributed by atoms with van der Waals surface area (Å²) in [5.41, 5.74) is 2.23. The van der Waals surface area contributed by atoms with Gasteiger partial charge in [-0.25, -0.2) is 0 Å². The molecule has 1 unspecified atom stereocenters. The number of fused-ring (bicyclic) bond motifs is 1. The fraction of sp³-hybridized carbons (Fsp3) is 0.450. The van der Waals surface area contributed by atoms with Crippen molar-refractivity contribution < 1.29 is 9.90 Å². The number of hydrogen-bond acceptors (Lipinski definition) is 3. The molecule has 2 heterocycles. The number of piperazine rings is 1. The fourth-order valence-electron chi connectivity index (χ4n) is 3.58. The number of carbonyl (C=O) groups excluding carboxylic acids is 1. The van der Waals surface area contributed by atoms with Gasteiger partial charge in [0.2, 0.25) is 5.91 Å². The summed E-state index contributed by atoms with van der Waals surface area (Å²) in [5.74, 6) is 0.0598. The Morgan fingerprint density at radius 2 is 1.96 bits per heavy atom. The summed E-state index contributed by atoms with van der Waals surface area (Å²) in [5, 5.41) is 10.6. The summed E-state index contributed by atoms with van der Waals surface area (Å²) in [6.45, 7) is 5.36. The van der Waals surface area contributed by atoms with E-state index in [1.54, 1.807) is 6.08 Å². The Morgan fingerprint density at radius 3 is 2.64 bits per heavy atom. The van der Waals surface area contributed by atoms with E-state index in [1.165, 1.54) is 0 Å². The first-order valence-corrected chi connectivity index (χ1v) is 9.00. The Bertz CT molecular complexity index is 753. The minimum Gasteiger partial charge on any atom is -0.395 e. The second kappa shape index (κ2) is 7.85. The summed E-state index contributed by atoms with van der Waals surface area (Å²) < 4.78 is 2.08. The van der Waals surface area contributed by atoms with Gasteiger partial charge in [0.15, 0.2) is 0 Å². The van der Waals surface area contributed by atoms with Crippen LogP contribution in [0.15, 0.2) is 36.5 Å². The summed E-state index contributed by atoms with van der Waals surface area (Å²) in [7, 11) is 2.02. The average Bonchev–Trinajstić information content (AvgIpc) is 2.98. The van der Waals surface area contributed by atoms with E-state index in [0.29, 0.717) is 0 Å². The third-order valence-corrected chi connectivity index (χ3v) is 5.16. The molecular weight excluding hydrogens is 314 g/mol. The molecule has 3 rings (SSSR count). The van der Waals surface area contributed by atoms with Crippen LogP contribution in [0.3, 0.4) is 0 Å². The fourth-order valence-corrected chi connectivity index (χ4v) is 3.58. The van der Waals surface area contributed by atoms with Crippen molar-refractivity contribution in [3.8, 4) is 0 Å². The highest BCUT2D eigenvalue weighted by molar-refractivity contribution is 5.96. The largest absolute Gasteiger partial charge is 0.395 e. The van der Waals surface area contributed by atoms with Crippen molar-refractivity contribution >= 4 is 22.9 Å². The Morgan fingerprint density at radius 1 is 1.24 bits per heavy atom. The van der Waals surface area contributed by atoms with E-state index in [1.807, 2.05) is 30.2 Å². The molecule has 1 aromatic carbocycles. The first-order valence-electron chi connectivity index (χ1n) is 9.00. The lowest BCUT2D eigenvalue weighted by Gasteiger charge is -2.38. The number of aryl methyl sites for hydroxylation is 1. The Labute approximate surface area is 149 Å². The Kier molecular flexibility index (Phi) is 5.56. The number of carbonyl (C=O) groups is 1. The standard InChI is InChI=1S/C20H27N3O2/c1-3-17(15-24)22-10-12-23(13-11-22)20(25)9-8-16-14-21(2)19-7-5-4-6-18(16)19/h4-9,14,17,24H,3,10-13,15H2,1-2H3/b9-8+. The van der Waals surface area contributed by atoms with E-state index in [9.17, 15) is 9.90 Å². The van der Waals surface area contributed by atoms with Gasteiger partial charge >= 0.3 is 0 Å². The first kappa shape index (κ1) is 17.7. The van der Waals surface area contributed by atoms with Gasteiger partial charge in [0.05, 0.1) is 6.61 Å². The molecule has 5 heteroatoms. The van der Waals surface area contributed by atoms with Crippen LogP contribution in [0.1, 0.15) is 18.9 Å². The summed E-state index contributed by atoms with van der Waals surface area (Å²) in [6, 6.07) is 8.42. The van der Waals surface area contributed by atoms with Crippen LogP contribution in [0.2, 0.25) is 0 Å². The lowest BCUT2D eigenvalue weighted by atomic mass is 10.1. The van der Waals surface area contributed by atoms with Crippen molar-refractivity contribution in [3.63, 3.8) is 0 Å². The molecule has 0 spiro atoms. The highest BCUT2D eigenvalue weighted by Gasteiger charge is 2.23. The molecule has 0 radical (unpaired) electrons. The number of aliphatic hydroxyl groups is 1. The van der Waals surface area contributed by atoms with Crippen LogP contribution in [-0.4, -0.2) is 64.2 Å². The van der Waals surface area contributed by atoms with Crippen molar-refractivity contribution in [2.45, 2.75) is 19.4 Å². The monoisotopic (exact) mass is 341 g/mol. The molecule has 0 aliphatic carbocycles. The van der Waals surface area contributed by atoms with Gasteiger partial charge in [-0.05, 0) is 18.6 Å². The van der Waals surface area contributed by atoms with Crippen LogP contribution >= 0.6 is 0 Å². The molecule has 134 valence electrons. The molecular formula is C20H27N3O2. The number of aliphatic hydroxyl groups excluding tert-OH is 1. The molecule has 25 heavy (non-hydrogen) atoms. The SMILES string of the molecule is CCC(CO)N1CCN(C(=O)/C=C/c2cn(C)c3ccccc23)CC1. The molecule has 1 aromatic heterocycles. The Balaban J connectivity index is 1.64. The van der Waals surface area contributed by atoms with Crippen molar-refractivity contribution in [1.29, 1.82) is 0 Å². The molecule has 1 N–H and O–H groups in total. The van der Waals surface area contributed by atoms with E-state index in [2.05, 4.69) is 34.7 Å². The van der Waals surface area contributed by atoms with Crippen LogP contribution in [0.25, 0.3) is 17.0 Å². The van der Waals surface area contributed by atoms with E-state index in [-0.39, 0.29) is 18.6 Å². The number of rotatable bonds is 5. The van der Waals surface area contributed by atoms with Crippen LogP contribution in [0, 0.1) is 0 Å². The van der Waals surface area contributed by atoms with Crippen molar-refractivity contribution in [2.75, 3.05) is 32.8 Å². The maximum atomic E-state index is 12.5. The molecule has 1 amide bonds. The molecule has 0 bridgehead atoms. The lowest BCUT2D eigenvalue weighted by Crippen LogP contribution is -2.52. The quantitative estimate of drug-likeness (QED) is 0.848. The lowest BCUT2D eigenvalue weighted by molar-refractivity contribution is -0.128. The Hall–Kier alpha value is -2.11. The molecule has 1 fully saturated rings. The summed E-state index contributed by atoms with van der Waals surface area (Å²) >= 11 is 0. The van der Waals surface area contributed by atoms with Gasteiger partial charge in [0.25, 0.3) is 0 Å². The maximum absolute atomic E-state index is 12.5. The topological polar surface area (TPSA) is 48.7 Å². The highest BCUT2D eigenvalue weighted by Crippen LogP contribution is 2.21. The molecule has 0 saturated carbocycles. The number of nitrogens with zero attached hydrogens (tertiary/aromatic N) is 3. The highest BCUT2D eigenvalue weighted by atomic mass is 16.3. The molecule has 1 atom stereocenters. The van der Waals surface area contributed by atoms with Crippen molar-refractivity contribution in [3.05, 3.63) is 42.1 Å². The first-order chi connectivity index (χ1) is 12.1. The predicted molar refractivity (Wildman–Crippen MR) is 101 cm³/mol. The number of benzene rings is 1. The second-order valence-corrected chi connectivity index (χ2v) is 6.65. The number of para-hydroxylation sites is 1. The minimum absolute atomic E-state index is 0.0598. The molecule has 1 saturated heterocycles. The minimum atomic E-state index is 0.0598. The van der Waals surface area contributed by atoms with Gasteiger partial charge in [-0.3, -0.25) is 9.69 Å². The third-order valence-electron chi connectivity index (χ3n) is 5.16. The van der Waals surface area contributed by atoms with Gasteiger partial charge in [-0.1, -0.05) is 25.1 Å². The van der Waals surface area contributed by atoms with E-state index >= 15 is 0 Å². The maximum Gasteiger partial charge on any atom is 0.246 e. The normalized spacial score (nSPS) is 17.5. The number of aromatic nitrogens is 1. The zero-order chi connectivity index (χ0) is 17.8. The van der Waals surface area contributed by atoms with Crippen LogP contribution < -0.4 is 0 Å². The van der Waals surface area contributed by atoms with Crippen molar-refractivity contribution in [1.82, 2.24) is 14.4 Å². The average molecular weight is 341 g/mol. The van der Waals surface area contributed by atoms with E-state index < -0.39 is 0 Å². The van der Waals surface area contributed by atoms with Gasteiger partial charge in [-0.2, -0.15) is 0 Å². The third kappa shape index (κ3) is 3.78. The van der Waals surface area contributed by atoms with E-state index in [0.717, 1.165) is 49.1 Å². The molecule has 2 aromatic rings. The van der Waals surface area contributed by atoms with Crippen molar-refractivity contribution in [2.24, 2.45) is 7.05 Å². The second-order valence-electron chi connectivity index (χ2n) is 6.65. The number of amides is 1. The van der Waals surface area contributed by atoms with Gasteiger partial charge in [0.1, 0.15) is 0 Å².